The van der Waals surface area contributed by atoms with Gasteiger partial charge in [0.1, 0.15) is 24.9 Å². The zero-order chi connectivity index (χ0) is 23.3. The van der Waals surface area contributed by atoms with Crippen molar-refractivity contribution in [3.05, 3.63) is 58.6 Å². The summed E-state index contributed by atoms with van der Waals surface area (Å²) in [6, 6.07) is 12.1. The van der Waals surface area contributed by atoms with E-state index < -0.39 is 43.3 Å². The van der Waals surface area contributed by atoms with Crippen LogP contribution in [0.1, 0.15) is 15.9 Å². The van der Waals surface area contributed by atoms with Crippen LogP contribution in [-0.2, 0) is 20.8 Å². The van der Waals surface area contributed by atoms with Crippen LogP contribution in [0.25, 0.3) is 0 Å². The third-order valence-corrected chi connectivity index (χ3v) is 5.27. The maximum atomic E-state index is 12.8. The van der Waals surface area contributed by atoms with E-state index in [0.717, 1.165) is 5.56 Å². The predicted octanol–water partition coefficient (Wildman–Crippen LogP) is 1.54. The number of benzene rings is 2. The molecule has 2 aromatic rings. The third kappa shape index (κ3) is 5.32. The number of halogens is 1. The molecule has 2 aromatic carbocycles. The minimum Gasteiger partial charge on any atom is -0.493 e. The van der Waals surface area contributed by atoms with Crippen molar-refractivity contribution in [1.82, 2.24) is 0 Å². The molecule has 0 aliphatic carbocycles. The molecule has 3 N–H and O–H groups in total. The molecule has 10 heteroatoms. The van der Waals surface area contributed by atoms with Gasteiger partial charge in [0.15, 0.2) is 23.9 Å². The van der Waals surface area contributed by atoms with Crippen LogP contribution in [0.3, 0.4) is 0 Å². The van der Waals surface area contributed by atoms with Crippen LogP contribution >= 0.6 is 11.6 Å². The van der Waals surface area contributed by atoms with Gasteiger partial charge >= 0.3 is 5.97 Å². The number of ether oxygens (including phenoxy) is 5. The zero-order valence-electron chi connectivity index (χ0n) is 17.5. The fraction of sp³-hybridized carbons (Fsp3) is 0.409. The van der Waals surface area contributed by atoms with Gasteiger partial charge in [-0.2, -0.15) is 0 Å². The Morgan fingerprint density at radius 2 is 1.84 bits per heavy atom. The normalized spacial score (nSPS) is 25.2. The van der Waals surface area contributed by atoms with Crippen molar-refractivity contribution in [2.75, 3.05) is 20.8 Å². The fourth-order valence-electron chi connectivity index (χ4n) is 3.29. The molecular weight excluding hydrogens is 444 g/mol. The summed E-state index contributed by atoms with van der Waals surface area (Å²) in [5.74, 6) is -0.423. The first-order valence-corrected chi connectivity index (χ1v) is 10.2. The lowest BCUT2D eigenvalue weighted by atomic mass is 9.99. The highest BCUT2D eigenvalue weighted by molar-refractivity contribution is 6.32. The topological polar surface area (TPSA) is 124 Å². The summed E-state index contributed by atoms with van der Waals surface area (Å²) in [6.45, 7) is -0.322. The van der Waals surface area contributed by atoms with Gasteiger partial charge in [-0.3, -0.25) is 0 Å². The molecule has 1 fully saturated rings. The van der Waals surface area contributed by atoms with Crippen LogP contribution in [0, 0.1) is 0 Å². The van der Waals surface area contributed by atoms with Crippen molar-refractivity contribution in [1.29, 1.82) is 0 Å². The van der Waals surface area contributed by atoms with Crippen LogP contribution in [0.4, 0.5) is 0 Å². The number of esters is 1. The highest BCUT2D eigenvalue weighted by atomic mass is 35.5. The molecule has 1 aliphatic rings. The Balaban J connectivity index is 1.78. The minimum atomic E-state index is -1.48. The van der Waals surface area contributed by atoms with Crippen LogP contribution in [0.2, 0.25) is 5.02 Å². The van der Waals surface area contributed by atoms with Crippen molar-refractivity contribution in [3.8, 4) is 11.5 Å². The van der Waals surface area contributed by atoms with E-state index in [2.05, 4.69) is 0 Å². The number of hydrogen-bond acceptors (Lipinski definition) is 9. The molecule has 1 saturated heterocycles. The second kappa shape index (κ2) is 11.0. The van der Waals surface area contributed by atoms with Gasteiger partial charge in [0.05, 0.1) is 24.3 Å². The zero-order valence-corrected chi connectivity index (χ0v) is 18.3. The largest absolute Gasteiger partial charge is 0.493 e. The molecule has 0 saturated carbocycles. The molecule has 0 aromatic heterocycles. The Morgan fingerprint density at radius 3 is 2.47 bits per heavy atom. The maximum Gasteiger partial charge on any atom is 0.338 e. The number of hydrogen-bond donors (Lipinski definition) is 3. The first kappa shape index (κ1) is 24.2. The van der Waals surface area contributed by atoms with Crippen LogP contribution in [-0.4, -0.2) is 72.8 Å². The van der Waals surface area contributed by atoms with Gasteiger partial charge < -0.3 is 39.0 Å². The second-order valence-electron chi connectivity index (χ2n) is 7.08. The molecule has 5 atom stereocenters. The number of aliphatic hydroxyl groups excluding tert-OH is 3. The number of methoxy groups -OCH3 is 2. The van der Waals surface area contributed by atoms with E-state index in [9.17, 15) is 20.1 Å². The van der Waals surface area contributed by atoms with Crippen molar-refractivity contribution < 1.29 is 43.8 Å². The molecule has 1 heterocycles. The highest BCUT2D eigenvalue weighted by Gasteiger charge is 2.47. The van der Waals surface area contributed by atoms with E-state index >= 15 is 0 Å². The second-order valence-corrected chi connectivity index (χ2v) is 7.48. The van der Waals surface area contributed by atoms with Crippen molar-refractivity contribution >= 4 is 17.6 Å². The first-order valence-electron chi connectivity index (χ1n) is 9.80. The van der Waals surface area contributed by atoms with Crippen molar-refractivity contribution in [2.45, 2.75) is 37.3 Å². The predicted molar refractivity (Wildman–Crippen MR) is 113 cm³/mol. The van der Waals surface area contributed by atoms with Gasteiger partial charge in [0.25, 0.3) is 0 Å². The standard InChI is InChI=1S/C22H25ClO9/c1-28-15-9-13(8-14(23)19(15)30-11-12-6-4-3-5-7-12)21(27)32-20-17(25)16(10-24)31-22(29-2)18(20)26/h3-9,16-18,20,22,24-26H,10-11H2,1-2H3/t16-,17-,18-,20+,22+/m1/s1. The van der Waals surface area contributed by atoms with Gasteiger partial charge in [0.2, 0.25) is 0 Å². The molecule has 1 aliphatic heterocycles. The summed E-state index contributed by atoms with van der Waals surface area (Å²) in [7, 11) is 2.68. The number of rotatable bonds is 8. The fourth-order valence-corrected chi connectivity index (χ4v) is 3.55. The molecule has 174 valence electrons. The lowest BCUT2D eigenvalue weighted by Gasteiger charge is -2.40. The smallest absolute Gasteiger partial charge is 0.338 e. The van der Waals surface area contributed by atoms with Gasteiger partial charge in [-0.25, -0.2) is 4.79 Å². The monoisotopic (exact) mass is 468 g/mol. The van der Waals surface area contributed by atoms with Gasteiger partial charge in [0, 0.05) is 7.11 Å². The Labute approximate surface area is 190 Å². The Morgan fingerprint density at radius 1 is 1.12 bits per heavy atom. The number of carbonyl (C=O) groups is 1. The van der Waals surface area contributed by atoms with E-state index in [1.807, 2.05) is 30.3 Å². The van der Waals surface area contributed by atoms with E-state index in [0.29, 0.717) is 0 Å². The van der Waals surface area contributed by atoms with Gasteiger partial charge in [-0.05, 0) is 17.7 Å². The van der Waals surface area contributed by atoms with Gasteiger partial charge in [-0.15, -0.1) is 0 Å². The molecule has 0 bridgehead atoms. The van der Waals surface area contributed by atoms with Crippen LogP contribution in [0.5, 0.6) is 11.5 Å². The molecule has 0 amide bonds. The Hall–Kier alpha value is -2.40. The third-order valence-electron chi connectivity index (χ3n) is 4.99. The summed E-state index contributed by atoms with van der Waals surface area (Å²) in [6.07, 6.45) is -6.66. The minimum absolute atomic E-state index is 0.0133. The average Bonchev–Trinajstić information content (AvgIpc) is 2.81. The van der Waals surface area contributed by atoms with Crippen molar-refractivity contribution in [2.24, 2.45) is 0 Å². The maximum absolute atomic E-state index is 12.8. The molecule has 0 unspecified atom stereocenters. The van der Waals surface area contributed by atoms with Crippen LogP contribution in [0.15, 0.2) is 42.5 Å². The summed E-state index contributed by atoms with van der Waals surface area (Å²) in [4.78, 5) is 12.8. The molecule has 9 nitrogen and oxygen atoms in total. The SMILES string of the molecule is COc1cc(C(=O)O[C@@H]2[C@@H](O)[C@@H](OC)O[C@H](CO)[C@H]2O)cc(Cl)c1OCc1ccccc1. The molecule has 3 rings (SSSR count). The van der Waals surface area contributed by atoms with Crippen molar-refractivity contribution in [3.63, 3.8) is 0 Å². The molecule has 0 radical (unpaired) electrons. The number of aliphatic hydroxyl groups is 3. The summed E-state index contributed by atoms with van der Waals surface area (Å²) >= 11 is 6.33. The van der Waals surface area contributed by atoms with E-state index in [1.54, 1.807) is 0 Å². The summed E-state index contributed by atoms with van der Waals surface area (Å²) < 4.78 is 26.6. The first-order chi connectivity index (χ1) is 15.4. The molecule has 32 heavy (non-hydrogen) atoms. The van der Waals surface area contributed by atoms with Crippen LogP contribution < -0.4 is 9.47 Å². The Kier molecular flexibility index (Phi) is 8.30. The van der Waals surface area contributed by atoms with Gasteiger partial charge in [-0.1, -0.05) is 41.9 Å². The number of carbonyl (C=O) groups excluding carboxylic acids is 1. The van der Waals surface area contributed by atoms with E-state index in [1.165, 1.54) is 26.4 Å². The highest BCUT2D eigenvalue weighted by Crippen LogP contribution is 2.37. The lowest BCUT2D eigenvalue weighted by Crippen LogP contribution is -2.60. The lowest BCUT2D eigenvalue weighted by molar-refractivity contribution is -0.293. The Bertz CT molecular complexity index is 892. The summed E-state index contributed by atoms with van der Waals surface area (Å²) in [5.41, 5.74) is 0.932. The quantitative estimate of drug-likeness (QED) is 0.495. The average molecular weight is 469 g/mol. The van der Waals surface area contributed by atoms with E-state index in [-0.39, 0.29) is 28.7 Å². The molecular formula is C22H25ClO9. The summed E-state index contributed by atoms with van der Waals surface area (Å²) in [5, 5.41) is 30.2. The van der Waals surface area contributed by atoms with E-state index in [4.69, 9.17) is 35.3 Å². The molecule has 0 spiro atoms.